The first-order valence-electron chi connectivity index (χ1n) is 9.11. The van der Waals surface area contributed by atoms with E-state index in [1.54, 1.807) is 0 Å². The number of alkyl halides is 2. The highest BCUT2D eigenvalue weighted by Crippen LogP contribution is 2.35. The molecule has 0 N–H and O–H groups in total. The van der Waals surface area contributed by atoms with Crippen molar-refractivity contribution < 1.29 is 31.4 Å². The first-order chi connectivity index (χ1) is 13.3. The number of methoxy groups -OCH3 is 1. The molecular formula is C21H23F5O2. The van der Waals surface area contributed by atoms with Gasteiger partial charge < -0.3 is 9.47 Å². The molecule has 0 unspecified atom stereocenters. The van der Waals surface area contributed by atoms with Crippen molar-refractivity contribution in [3.8, 4) is 11.5 Å². The van der Waals surface area contributed by atoms with E-state index in [-0.39, 0.29) is 5.75 Å². The molecule has 0 fully saturated rings. The van der Waals surface area contributed by atoms with Gasteiger partial charge in [0.05, 0.1) is 25.7 Å². The molecule has 2 aromatic carbocycles. The van der Waals surface area contributed by atoms with E-state index < -0.39 is 47.7 Å². The molecule has 0 atom stereocenters. The zero-order chi connectivity index (χ0) is 20.7. The second-order valence-electron chi connectivity index (χ2n) is 6.47. The zero-order valence-corrected chi connectivity index (χ0v) is 15.8. The predicted molar refractivity (Wildman–Crippen MR) is 96.5 cm³/mol. The third-order valence-electron chi connectivity index (χ3n) is 4.40. The third-order valence-corrected chi connectivity index (χ3v) is 4.40. The molecule has 0 aromatic heterocycles. The summed E-state index contributed by atoms with van der Waals surface area (Å²) in [6.07, 6.45) is 2.61. The summed E-state index contributed by atoms with van der Waals surface area (Å²) in [5, 5.41) is 0. The van der Waals surface area contributed by atoms with Crippen molar-refractivity contribution in [1.82, 2.24) is 0 Å². The average Bonchev–Trinajstić information content (AvgIpc) is 2.65. The lowest BCUT2D eigenvalue weighted by atomic mass is 10.0. The fraction of sp³-hybridized carbons (Fsp3) is 0.429. The van der Waals surface area contributed by atoms with E-state index in [1.165, 1.54) is 13.2 Å². The summed E-state index contributed by atoms with van der Waals surface area (Å²) in [5.41, 5.74) is -0.0748. The van der Waals surface area contributed by atoms with Crippen molar-refractivity contribution in [3.05, 3.63) is 58.9 Å². The smallest absolute Gasteiger partial charge is 0.279 e. The number of unbranched alkanes of at least 4 members (excludes halogenated alkanes) is 2. The number of hydrogen-bond donors (Lipinski definition) is 0. The number of rotatable bonds is 10. The second kappa shape index (κ2) is 9.75. The molecule has 0 saturated carbocycles. The fourth-order valence-electron chi connectivity index (χ4n) is 2.80. The van der Waals surface area contributed by atoms with Crippen LogP contribution in [0.5, 0.6) is 11.5 Å². The summed E-state index contributed by atoms with van der Waals surface area (Å²) < 4.78 is 79.8. The van der Waals surface area contributed by atoms with Gasteiger partial charge in [0.2, 0.25) is 11.6 Å². The van der Waals surface area contributed by atoms with E-state index in [1.807, 2.05) is 6.92 Å². The van der Waals surface area contributed by atoms with Crippen molar-refractivity contribution in [1.29, 1.82) is 0 Å². The minimum absolute atomic E-state index is 0.323. The van der Waals surface area contributed by atoms with Crippen molar-refractivity contribution in [2.75, 3.05) is 13.7 Å². The Kier molecular flexibility index (Phi) is 7.66. The monoisotopic (exact) mass is 402 g/mol. The lowest BCUT2D eigenvalue weighted by Gasteiger charge is -2.18. The van der Waals surface area contributed by atoms with E-state index >= 15 is 0 Å². The maximum atomic E-state index is 14.3. The summed E-state index contributed by atoms with van der Waals surface area (Å²) >= 11 is 0. The van der Waals surface area contributed by atoms with Crippen LogP contribution in [-0.4, -0.2) is 13.7 Å². The highest BCUT2D eigenvalue weighted by Gasteiger charge is 2.34. The molecule has 2 rings (SSSR count). The Morgan fingerprint density at radius 1 is 0.929 bits per heavy atom. The molecule has 154 valence electrons. The quantitative estimate of drug-likeness (QED) is 0.338. The summed E-state index contributed by atoms with van der Waals surface area (Å²) in [4.78, 5) is 0. The topological polar surface area (TPSA) is 18.5 Å². The molecule has 0 saturated heterocycles. The molecule has 0 spiro atoms. The van der Waals surface area contributed by atoms with Gasteiger partial charge in [-0.05, 0) is 42.7 Å². The lowest BCUT2D eigenvalue weighted by molar-refractivity contribution is -0.0277. The molecule has 0 heterocycles. The van der Waals surface area contributed by atoms with Crippen LogP contribution in [0, 0.1) is 17.5 Å². The van der Waals surface area contributed by atoms with E-state index in [9.17, 15) is 22.0 Å². The Morgan fingerprint density at radius 2 is 1.61 bits per heavy atom. The summed E-state index contributed by atoms with van der Waals surface area (Å²) in [6, 6.07) is 5.90. The van der Waals surface area contributed by atoms with Crippen LogP contribution in [0.25, 0.3) is 0 Å². The van der Waals surface area contributed by atoms with E-state index in [0.29, 0.717) is 12.0 Å². The van der Waals surface area contributed by atoms with Gasteiger partial charge in [0.1, 0.15) is 5.82 Å². The number of halogens is 5. The molecule has 0 aliphatic carbocycles. The van der Waals surface area contributed by atoms with E-state index in [2.05, 4.69) is 4.74 Å². The van der Waals surface area contributed by atoms with Crippen molar-refractivity contribution in [2.24, 2.45) is 0 Å². The van der Waals surface area contributed by atoms with Crippen LogP contribution in [0.1, 0.15) is 43.7 Å². The first-order valence-corrected chi connectivity index (χ1v) is 9.11. The Balaban J connectivity index is 2.01. The van der Waals surface area contributed by atoms with Crippen LogP contribution < -0.4 is 9.47 Å². The van der Waals surface area contributed by atoms with Crippen LogP contribution in [0.3, 0.4) is 0 Å². The van der Waals surface area contributed by atoms with Gasteiger partial charge >= 0.3 is 0 Å². The van der Waals surface area contributed by atoms with Gasteiger partial charge in [-0.2, -0.15) is 8.78 Å². The number of ether oxygens (including phenoxy) is 2. The number of hydrogen-bond acceptors (Lipinski definition) is 2. The minimum Gasteiger partial charge on any atom is -0.494 e. The molecule has 0 bridgehead atoms. The first kappa shape index (κ1) is 22.0. The van der Waals surface area contributed by atoms with Gasteiger partial charge in [-0.3, -0.25) is 0 Å². The number of aryl methyl sites for hydroxylation is 1. The van der Waals surface area contributed by atoms with Gasteiger partial charge in [0.25, 0.3) is 5.92 Å². The van der Waals surface area contributed by atoms with Crippen LogP contribution >= 0.6 is 0 Å². The third kappa shape index (κ3) is 5.36. The molecule has 0 amide bonds. The summed E-state index contributed by atoms with van der Waals surface area (Å²) in [7, 11) is 1.17. The van der Waals surface area contributed by atoms with Crippen LogP contribution in [-0.2, 0) is 12.3 Å². The molecule has 7 heteroatoms. The Morgan fingerprint density at radius 3 is 2.25 bits per heavy atom. The minimum atomic E-state index is -3.51. The summed E-state index contributed by atoms with van der Waals surface area (Å²) in [6.45, 7) is 1.42. The molecular weight excluding hydrogens is 379 g/mol. The Bertz CT molecular complexity index is 793. The van der Waals surface area contributed by atoms with Crippen molar-refractivity contribution >= 4 is 0 Å². The number of benzene rings is 2. The maximum Gasteiger partial charge on any atom is 0.279 e. The molecule has 0 radical (unpaired) electrons. The van der Waals surface area contributed by atoms with Gasteiger partial charge in [-0.1, -0.05) is 25.8 Å². The predicted octanol–water partition coefficient (Wildman–Crippen LogP) is 6.41. The largest absolute Gasteiger partial charge is 0.494 e. The zero-order valence-electron chi connectivity index (χ0n) is 15.8. The van der Waals surface area contributed by atoms with E-state index in [4.69, 9.17) is 4.74 Å². The molecule has 0 aliphatic rings. The highest BCUT2D eigenvalue weighted by atomic mass is 19.3. The van der Waals surface area contributed by atoms with Gasteiger partial charge in [-0.15, -0.1) is 0 Å². The Labute approximate surface area is 161 Å². The Hall–Kier alpha value is -2.31. The molecule has 2 nitrogen and oxygen atoms in total. The highest BCUT2D eigenvalue weighted by molar-refractivity contribution is 5.35. The SMILES string of the molecule is CCCCCc1ccc(C(F)(F)CCOc2ccc(OC)c(F)c2F)c(F)c1. The van der Waals surface area contributed by atoms with Crippen LogP contribution in [0.2, 0.25) is 0 Å². The average molecular weight is 402 g/mol. The van der Waals surface area contributed by atoms with Crippen molar-refractivity contribution in [3.63, 3.8) is 0 Å². The summed E-state index contributed by atoms with van der Waals surface area (Å²) in [5.74, 6) is -7.92. The second-order valence-corrected chi connectivity index (χ2v) is 6.47. The normalized spacial score (nSPS) is 11.5. The van der Waals surface area contributed by atoms with Crippen molar-refractivity contribution in [2.45, 2.75) is 45.0 Å². The maximum absolute atomic E-state index is 14.3. The molecule has 28 heavy (non-hydrogen) atoms. The fourth-order valence-corrected chi connectivity index (χ4v) is 2.80. The van der Waals surface area contributed by atoms with Crippen LogP contribution in [0.4, 0.5) is 22.0 Å². The standard InChI is InChI=1S/C21H23F5O2/c1-3-4-5-6-14-7-8-15(16(22)13-14)21(25,26)11-12-28-18-10-9-17(27-2)19(23)20(18)24/h7-10,13H,3-6,11-12H2,1-2H3. The van der Waals surface area contributed by atoms with Gasteiger partial charge in [0.15, 0.2) is 11.5 Å². The molecule has 2 aromatic rings. The lowest BCUT2D eigenvalue weighted by Crippen LogP contribution is -2.19. The van der Waals surface area contributed by atoms with E-state index in [0.717, 1.165) is 43.5 Å². The molecule has 0 aliphatic heterocycles. The van der Waals surface area contributed by atoms with Crippen LogP contribution in [0.15, 0.2) is 30.3 Å². The van der Waals surface area contributed by atoms with Gasteiger partial charge in [-0.25, -0.2) is 13.2 Å². The van der Waals surface area contributed by atoms with Gasteiger partial charge in [0, 0.05) is 0 Å².